The minimum absolute atomic E-state index is 0.0573. The van der Waals surface area contributed by atoms with Gasteiger partial charge < -0.3 is 4.74 Å². The van der Waals surface area contributed by atoms with E-state index in [0.29, 0.717) is 5.56 Å². The molecule has 0 spiro atoms. The molecule has 1 atom stereocenters. The van der Waals surface area contributed by atoms with Gasteiger partial charge in [0.05, 0.1) is 0 Å². The Morgan fingerprint density at radius 2 is 2.00 bits per heavy atom. The van der Waals surface area contributed by atoms with Gasteiger partial charge in [-0.05, 0) is 15.9 Å². The Bertz CT molecular complexity index is 258. The molecular weight excluding hydrogens is 220 g/mol. The number of Topliss-reactive ketones (excluding diaryl/α,β-unsaturated/α-hetero) is 1. The van der Waals surface area contributed by atoms with E-state index in [0.717, 1.165) is 0 Å². The van der Waals surface area contributed by atoms with Crippen molar-refractivity contribution in [3.05, 3.63) is 35.9 Å². The van der Waals surface area contributed by atoms with Gasteiger partial charge in [0.15, 0.2) is 5.01 Å². The first-order valence-corrected chi connectivity index (χ1v) is 4.43. The fourth-order valence-corrected chi connectivity index (χ4v) is 1.10. The first-order valence-electron chi connectivity index (χ1n) is 3.52. The van der Waals surface area contributed by atoms with Crippen LogP contribution in [0.4, 0.5) is 0 Å². The van der Waals surface area contributed by atoms with E-state index in [1.165, 1.54) is 7.11 Å². The number of carbonyl (C=O) groups is 1. The minimum atomic E-state index is -0.542. The summed E-state index contributed by atoms with van der Waals surface area (Å²) in [6.07, 6.45) is 0. The quantitative estimate of drug-likeness (QED) is 0.586. The van der Waals surface area contributed by atoms with Crippen LogP contribution in [-0.4, -0.2) is 17.9 Å². The second kappa shape index (κ2) is 4.38. The summed E-state index contributed by atoms with van der Waals surface area (Å²) in [6, 6.07) is 9.03. The average Bonchev–Trinajstić information content (AvgIpc) is 2.17. The standard InChI is InChI=1S/C9H9BrO2/c1-12-9(10)8(11)7-5-3-2-4-6-7/h2-6,9H,1H3. The maximum Gasteiger partial charge on any atom is 0.202 e. The molecule has 0 saturated carbocycles. The van der Waals surface area contributed by atoms with E-state index in [1.54, 1.807) is 12.1 Å². The van der Waals surface area contributed by atoms with Crippen molar-refractivity contribution >= 4 is 21.7 Å². The van der Waals surface area contributed by atoms with Crippen molar-refractivity contribution < 1.29 is 9.53 Å². The minimum Gasteiger partial charge on any atom is -0.362 e. The molecule has 1 rings (SSSR count). The molecule has 0 aliphatic carbocycles. The van der Waals surface area contributed by atoms with Gasteiger partial charge in [-0.2, -0.15) is 0 Å². The third kappa shape index (κ3) is 2.16. The molecule has 0 aliphatic rings. The van der Waals surface area contributed by atoms with Crippen LogP contribution >= 0.6 is 15.9 Å². The number of ether oxygens (including phenoxy) is 1. The maximum absolute atomic E-state index is 11.4. The zero-order valence-electron chi connectivity index (χ0n) is 6.66. The lowest BCUT2D eigenvalue weighted by atomic mass is 10.1. The molecule has 0 aliphatic heterocycles. The number of benzene rings is 1. The number of hydrogen-bond acceptors (Lipinski definition) is 2. The van der Waals surface area contributed by atoms with E-state index >= 15 is 0 Å². The van der Waals surface area contributed by atoms with Crippen molar-refractivity contribution in [3.63, 3.8) is 0 Å². The van der Waals surface area contributed by atoms with Crippen LogP contribution in [0.5, 0.6) is 0 Å². The molecule has 0 N–H and O–H groups in total. The van der Waals surface area contributed by atoms with Gasteiger partial charge in [-0.25, -0.2) is 0 Å². The molecule has 12 heavy (non-hydrogen) atoms. The molecule has 1 aromatic carbocycles. The van der Waals surface area contributed by atoms with Crippen molar-refractivity contribution in [1.82, 2.24) is 0 Å². The third-order valence-electron chi connectivity index (χ3n) is 1.47. The number of carbonyl (C=O) groups excluding carboxylic acids is 1. The van der Waals surface area contributed by atoms with Gasteiger partial charge in [0.2, 0.25) is 5.78 Å². The van der Waals surface area contributed by atoms with Gasteiger partial charge in [0.25, 0.3) is 0 Å². The van der Waals surface area contributed by atoms with Crippen molar-refractivity contribution in [2.75, 3.05) is 7.11 Å². The lowest BCUT2D eigenvalue weighted by Crippen LogP contribution is -2.15. The van der Waals surface area contributed by atoms with Gasteiger partial charge in [-0.1, -0.05) is 30.3 Å². The van der Waals surface area contributed by atoms with Crippen LogP contribution in [0.1, 0.15) is 10.4 Å². The third-order valence-corrected chi connectivity index (χ3v) is 2.26. The zero-order chi connectivity index (χ0) is 8.97. The van der Waals surface area contributed by atoms with E-state index in [2.05, 4.69) is 15.9 Å². The van der Waals surface area contributed by atoms with Crippen LogP contribution in [0.3, 0.4) is 0 Å². The summed E-state index contributed by atoms with van der Waals surface area (Å²) in [7, 11) is 1.49. The topological polar surface area (TPSA) is 26.3 Å². The predicted octanol–water partition coefficient (Wildman–Crippen LogP) is 2.24. The van der Waals surface area contributed by atoms with Gasteiger partial charge >= 0.3 is 0 Å². The van der Waals surface area contributed by atoms with Crippen molar-refractivity contribution in [2.24, 2.45) is 0 Å². The van der Waals surface area contributed by atoms with E-state index in [4.69, 9.17) is 4.74 Å². The monoisotopic (exact) mass is 228 g/mol. The second-order valence-corrected chi connectivity index (χ2v) is 3.11. The van der Waals surface area contributed by atoms with Gasteiger partial charge in [-0.15, -0.1) is 0 Å². The summed E-state index contributed by atoms with van der Waals surface area (Å²) in [6.45, 7) is 0. The van der Waals surface area contributed by atoms with Crippen LogP contribution < -0.4 is 0 Å². The Hall–Kier alpha value is -0.670. The highest BCUT2D eigenvalue weighted by Gasteiger charge is 2.14. The lowest BCUT2D eigenvalue weighted by Gasteiger charge is -2.05. The van der Waals surface area contributed by atoms with E-state index in [1.807, 2.05) is 18.2 Å². The van der Waals surface area contributed by atoms with Crippen LogP contribution in [0.2, 0.25) is 0 Å². The Morgan fingerprint density at radius 1 is 1.42 bits per heavy atom. The Balaban J connectivity index is 2.79. The Kier molecular flexibility index (Phi) is 3.44. The summed E-state index contributed by atoms with van der Waals surface area (Å²) in [5.74, 6) is -0.0573. The second-order valence-electron chi connectivity index (χ2n) is 2.28. The number of alkyl halides is 1. The van der Waals surface area contributed by atoms with E-state index < -0.39 is 5.01 Å². The molecule has 0 bridgehead atoms. The normalized spacial score (nSPS) is 12.5. The summed E-state index contributed by atoms with van der Waals surface area (Å²) >= 11 is 3.11. The highest BCUT2D eigenvalue weighted by molar-refractivity contribution is 9.09. The van der Waals surface area contributed by atoms with Gasteiger partial charge in [-0.3, -0.25) is 4.79 Å². The first kappa shape index (κ1) is 9.42. The smallest absolute Gasteiger partial charge is 0.202 e. The van der Waals surface area contributed by atoms with E-state index in [-0.39, 0.29) is 5.78 Å². The number of ketones is 1. The number of halogens is 1. The molecule has 0 heterocycles. The molecule has 0 aromatic heterocycles. The molecule has 0 fully saturated rings. The van der Waals surface area contributed by atoms with Crippen LogP contribution in [0.15, 0.2) is 30.3 Å². The summed E-state index contributed by atoms with van der Waals surface area (Å²) < 4.78 is 4.83. The Morgan fingerprint density at radius 3 is 2.50 bits per heavy atom. The number of rotatable bonds is 3. The SMILES string of the molecule is COC(Br)C(=O)c1ccccc1. The molecule has 0 radical (unpaired) electrons. The summed E-state index contributed by atoms with van der Waals surface area (Å²) in [5.41, 5.74) is 0.654. The fourth-order valence-electron chi connectivity index (χ4n) is 0.840. The summed E-state index contributed by atoms with van der Waals surface area (Å²) in [4.78, 5) is 11.4. The molecule has 2 nitrogen and oxygen atoms in total. The van der Waals surface area contributed by atoms with Crippen molar-refractivity contribution in [2.45, 2.75) is 5.01 Å². The van der Waals surface area contributed by atoms with Crippen LogP contribution in [0.25, 0.3) is 0 Å². The van der Waals surface area contributed by atoms with Gasteiger partial charge in [0, 0.05) is 12.7 Å². The number of methoxy groups -OCH3 is 1. The maximum atomic E-state index is 11.4. The van der Waals surface area contributed by atoms with Crippen LogP contribution in [-0.2, 0) is 4.74 Å². The zero-order valence-corrected chi connectivity index (χ0v) is 8.24. The average molecular weight is 229 g/mol. The molecule has 1 aromatic rings. The van der Waals surface area contributed by atoms with E-state index in [9.17, 15) is 4.79 Å². The molecule has 64 valence electrons. The highest BCUT2D eigenvalue weighted by atomic mass is 79.9. The van der Waals surface area contributed by atoms with Crippen molar-refractivity contribution in [1.29, 1.82) is 0 Å². The fraction of sp³-hybridized carbons (Fsp3) is 0.222. The van der Waals surface area contributed by atoms with Crippen molar-refractivity contribution in [3.8, 4) is 0 Å². The lowest BCUT2D eigenvalue weighted by molar-refractivity contribution is 0.0805. The Labute approximate surface area is 79.7 Å². The molecule has 1 unspecified atom stereocenters. The van der Waals surface area contributed by atoms with Crippen LogP contribution in [0, 0.1) is 0 Å². The molecule has 3 heteroatoms. The summed E-state index contributed by atoms with van der Waals surface area (Å²) in [5, 5.41) is -0.542. The largest absolute Gasteiger partial charge is 0.362 e. The molecule has 0 saturated heterocycles. The molecule has 0 amide bonds. The number of hydrogen-bond donors (Lipinski definition) is 0. The first-order chi connectivity index (χ1) is 5.75. The van der Waals surface area contributed by atoms with Gasteiger partial charge in [0.1, 0.15) is 0 Å². The molecular formula is C9H9BrO2. The predicted molar refractivity (Wildman–Crippen MR) is 50.5 cm³/mol. The highest BCUT2D eigenvalue weighted by Crippen LogP contribution is 2.09.